The molecule has 0 spiro atoms. The summed E-state index contributed by atoms with van der Waals surface area (Å²) in [4.78, 5) is 12.5. The topological polar surface area (TPSA) is 65.4 Å². The molecule has 8 heteroatoms. The van der Waals surface area contributed by atoms with E-state index in [9.17, 15) is 4.79 Å². The average molecular weight is 430 g/mol. The van der Waals surface area contributed by atoms with E-state index in [1.807, 2.05) is 37.3 Å². The molecule has 0 saturated heterocycles. The molecule has 3 aromatic rings. The van der Waals surface area contributed by atoms with Crippen LogP contribution in [0.15, 0.2) is 42.5 Å². The van der Waals surface area contributed by atoms with Gasteiger partial charge >= 0.3 is 0 Å². The summed E-state index contributed by atoms with van der Waals surface area (Å²) >= 11 is 7.58. The van der Waals surface area contributed by atoms with Crippen molar-refractivity contribution in [3.63, 3.8) is 0 Å². The van der Waals surface area contributed by atoms with Crippen molar-refractivity contribution in [1.82, 2.24) is 9.78 Å². The van der Waals surface area contributed by atoms with Crippen LogP contribution in [0.3, 0.4) is 0 Å². The minimum Gasteiger partial charge on any atom is -0.497 e. The fourth-order valence-electron chi connectivity index (χ4n) is 3.43. The quantitative estimate of drug-likeness (QED) is 0.655. The highest BCUT2D eigenvalue weighted by atomic mass is 35.5. The van der Waals surface area contributed by atoms with Crippen molar-refractivity contribution in [2.75, 3.05) is 25.3 Å². The van der Waals surface area contributed by atoms with Gasteiger partial charge in [-0.3, -0.25) is 4.79 Å². The largest absolute Gasteiger partial charge is 0.497 e. The van der Waals surface area contributed by atoms with E-state index >= 15 is 0 Å². The summed E-state index contributed by atoms with van der Waals surface area (Å²) in [5.74, 6) is 2.35. The second-order valence-electron chi connectivity index (χ2n) is 6.58. The predicted molar refractivity (Wildman–Crippen MR) is 116 cm³/mol. The van der Waals surface area contributed by atoms with E-state index in [2.05, 4.69) is 5.32 Å². The molecule has 1 N–H and O–H groups in total. The van der Waals surface area contributed by atoms with Crippen LogP contribution in [0.5, 0.6) is 11.5 Å². The molecule has 0 fully saturated rings. The van der Waals surface area contributed by atoms with Gasteiger partial charge in [0.15, 0.2) is 0 Å². The number of rotatable bonds is 4. The third-order valence-corrected chi connectivity index (χ3v) is 6.31. The van der Waals surface area contributed by atoms with Crippen LogP contribution in [0.25, 0.3) is 5.69 Å². The van der Waals surface area contributed by atoms with Crippen LogP contribution in [0.4, 0.5) is 5.82 Å². The number of halogens is 1. The Balaban J connectivity index is 1.88. The SMILES string of the molecule is COc1ccc([C@@H]2SCC(=O)Nc3c2c(C)nn3-c2ccc(Cl)cc2)c(OC)c1. The van der Waals surface area contributed by atoms with E-state index in [-0.39, 0.29) is 11.2 Å². The molecule has 0 unspecified atom stereocenters. The standard InChI is InChI=1S/C21H20ClN3O3S/c1-12-19-20(16-9-8-15(27-2)10-17(16)28-3)29-11-18(26)23-21(19)25(24-12)14-6-4-13(22)5-7-14/h4-10,20H,11H2,1-3H3,(H,23,26)/t20-/m0/s1. The number of fused-ring (bicyclic) bond motifs is 1. The lowest BCUT2D eigenvalue weighted by atomic mass is 10.0. The number of carbonyl (C=O) groups is 1. The molecule has 6 nitrogen and oxygen atoms in total. The molecule has 1 aliphatic rings. The summed E-state index contributed by atoms with van der Waals surface area (Å²) in [6.07, 6.45) is 0. The highest BCUT2D eigenvalue weighted by Gasteiger charge is 2.32. The maximum Gasteiger partial charge on any atom is 0.235 e. The third kappa shape index (κ3) is 3.68. The molecule has 1 amide bonds. The smallest absolute Gasteiger partial charge is 0.235 e. The first-order valence-electron chi connectivity index (χ1n) is 9.00. The lowest BCUT2D eigenvalue weighted by Crippen LogP contribution is -2.15. The molecule has 1 aromatic heterocycles. The van der Waals surface area contributed by atoms with Gasteiger partial charge in [0, 0.05) is 22.2 Å². The number of hydrogen-bond donors (Lipinski definition) is 1. The average Bonchev–Trinajstić information content (AvgIpc) is 2.93. The van der Waals surface area contributed by atoms with Crippen molar-refractivity contribution in [3.8, 4) is 17.2 Å². The van der Waals surface area contributed by atoms with E-state index in [1.165, 1.54) is 0 Å². The van der Waals surface area contributed by atoms with Crippen molar-refractivity contribution >= 4 is 35.1 Å². The zero-order chi connectivity index (χ0) is 20.5. The molecule has 0 bridgehead atoms. The number of methoxy groups -OCH3 is 2. The zero-order valence-electron chi connectivity index (χ0n) is 16.2. The fraction of sp³-hybridized carbons (Fsp3) is 0.238. The number of benzene rings is 2. The van der Waals surface area contributed by atoms with Gasteiger partial charge in [-0.05, 0) is 37.3 Å². The van der Waals surface area contributed by atoms with E-state index in [4.69, 9.17) is 26.2 Å². The lowest BCUT2D eigenvalue weighted by molar-refractivity contribution is -0.113. The van der Waals surface area contributed by atoms with Crippen LogP contribution in [-0.4, -0.2) is 35.7 Å². The number of aryl methyl sites for hydroxylation is 1. The molecule has 1 aliphatic heterocycles. The molecule has 2 aromatic carbocycles. The van der Waals surface area contributed by atoms with Gasteiger partial charge in [0.05, 0.1) is 36.6 Å². The van der Waals surface area contributed by atoms with Crippen molar-refractivity contribution in [1.29, 1.82) is 0 Å². The maximum absolute atomic E-state index is 12.5. The summed E-state index contributed by atoms with van der Waals surface area (Å²) in [6, 6.07) is 13.1. The van der Waals surface area contributed by atoms with Gasteiger partial charge in [-0.15, -0.1) is 11.8 Å². The van der Waals surface area contributed by atoms with Gasteiger partial charge in [0.2, 0.25) is 5.91 Å². The predicted octanol–water partition coefficient (Wildman–Crippen LogP) is 4.63. The van der Waals surface area contributed by atoms with Gasteiger partial charge in [-0.1, -0.05) is 17.7 Å². The molecule has 1 atom stereocenters. The molecule has 29 heavy (non-hydrogen) atoms. The van der Waals surface area contributed by atoms with Crippen molar-refractivity contribution in [3.05, 3.63) is 64.3 Å². The number of hydrogen-bond acceptors (Lipinski definition) is 5. The Hall–Kier alpha value is -2.64. The first-order chi connectivity index (χ1) is 14.0. The van der Waals surface area contributed by atoms with Crippen LogP contribution >= 0.6 is 23.4 Å². The molecular weight excluding hydrogens is 410 g/mol. The second-order valence-corrected chi connectivity index (χ2v) is 8.11. The summed E-state index contributed by atoms with van der Waals surface area (Å²) in [5.41, 5.74) is 3.59. The first kappa shape index (κ1) is 19.7. The Morgan fingerprint density at radius 1 is 1.17 bits per heavy atom. The highest BCUT2D eigenvalue weighted by molar-refractivity contribution is 8.00. The van der Waals surface area contributed by atoms with E-state index < -0.39 is 0 Å². The summed E-state index contributed by atoms with van der Waals surface area (Å²) in [6.45, 7) is 1.95. The van der Waals surface area contributed by atoms with E-state index in [1.54, 1.807) is 42.8 Å². The molecule has 150 valence electrons. The normalized spacial score (nSPS) is 16.0. The summed E-state index contributed by atoms with van der Waals surface area (Å²) < 4.78 is 12.7. The Kier molecular flexibility index (Phi) is 5.43. The Bertz CT molecular complexity index is 1070. The van der Waals surface area contributed by atoms with Crippen LogP contribution in [0.1, 0.15) is 22.1 Å². The van der Waals surface area contributed by atoms with Gasteiger partial charge in [-0.2, -0.15) is 5.10 Å². The third-order valence-electron chi connectivity index (χ3n) is 4.80. The van der Waals surface area contributed by atoms with Gasteiger partial charge in [0.25, 0.3) is 0 Å². The number of carbonyl (C=O) groups excluding carboxylic acids is 1. The summed E-state index contributed by atoms with van der Waals surface area (Å²) in [7, 11) is 3.25. The number of amides is 1. The van der Waals surface area contributed by atoms with E-state index in [0.29, 0.717) is 28.1 Å². The van der Waals surface area contributed by atoms with Crippen molar-refractivity contribution in [2.45, 2.75) is 12.2 Å². The molecule has 4 rings (SSSR count). The van der Waals surface area contributed by atoms with Crippen LogP contribution in [0.2, 0.25) is 5.02 Å². The second kappa shape index (κ2) is 8.00. The minimum atomic E-state index is -0.120. The maximum atomic E-state index is 12.5. The zero-order valence-corrected chi connectivity index (χ0v) is 17.8. The Labute approximate surface area is 178 Å². The first-order valence-corrected chi connectivity index (χ1v) is 10.4. The number of thioether (sulfide) groups is 1. The minimum absolute atomic E-state index is 0.0682. The van der Waals surface area contributed by atoms with Crippen molar-refractivity contribution < 1.29 is 14.3 Å². The number of nitrogens with one attached hydrogen (secondary N) is 1. The van der Waals surface area contributed by atoms with Gasteiger partial charge in [-0.25, -0.2) is 4.68 Å². The van der Waals surface area contributed by atoms with Crippen LogP contribution in [-0.2, 0) is 4.79 Å². The van der Waals surface area contributed by atoms with E-state index in [0.717, 1.165) is 22.5 Å². The monoisotopic (exact) mass is 429 g/mol. The molecule has 2 heterocycles. The number of anilines is 1. The Morgan fingerprint density at radius 2 is 1.93 bits per heavy atom. The molecule has 0 aliphatic carbocycles. The number of ether oxygens (including phenoxy) is 2. The highest BCUT2D eigenvalue weighted by Crippen LogP contribution is 2.47. The molecule has 0 saturated carbocycles. The van der Waals surface area contributed by atoms with Gasteiger partial charge < -0.3 is 14.8 Å². The van der Waals surface area contributed by atoms with Crippen LogP contribution < -0.4 is 14.8 Å². The number of aromatic nitrogens is 2. The Morgan fingerprint density at radius 3 is 2.62 bits per heavy atom. The molecule has 0 radical (unpaired) electrons. The summed E-state index contributed by atoms with van der Waals surface area (Å²) in [5, 5.41) is 8.26. The number of nitrogens with zero attached hydrogens (tertiary/aromatic N) is 2. The molecular formula is C21H20ClN3O3S. The lowest BCUT2D eigenvalue weighted by Gasteiger charge is -2.19. The fourth-order valence-corrected chi connectivity index (χ4v) is 4.77. The van der Waals surface area contributed by atoms with Crippen molar-refractivity contribution in [2.24, 2.45) is 0 Å². The van der Waals surface area contributed by atoms with Gasteiger partial charge in [0.1, 0.15) is 17.3 Å². The van der Waals surface area contributed by atoms with Crippen LogP contribution in [0, 0.1) is 6.92 Å².